The number of hydrogen-bond donors (Lipinski definition) is 1. The molecule has 3 rings (SSSR count). The molecular formula is C11H13F3N2OS. The molecule has 1 aromatic rings. The number of hydrogen-bond acceptors (Lipinski definition) is 4. The largest absolute Gasteiger partial charge is 0.434 e. The molecule has 0 spiro atoms. The third kappa shape index (κ3) is 1.99. The molecule has 0 amide bonds. The molecule has 2 unspecified atom stereocenters. The molecule has 3 nitrogen and oxygen atoms in total. The molecule has 2 aliphatic rings. The lowest BCUT2D eigenvalue weighted by molar-refractivity contribution is -0.140. The molecular weight excluding hydrogens is 265 g/mol. The highest BCUT2D eigenvalue weighted by Gasteiger charge is 2.42. The van der Waals surface area contributed by atoms with E-state index in [-0.39, 0.29) is 18.2 Å². The van der Waals surface area contributed by atoms with Crippen LogP contribution in [0, 0.1) is 0 Å². The minimum Gasteiger partial charge on any atom is -0.393 e. The molecule has 2 bridgehead atoms. The van der Waals surface area contributed by atoms with E-state index in [1.54, 1.807) is 0 Å². The fourth-order valence-corrected chi connectivity index (χ4v) is 3.95. The van der Waals surface area contributed by atoms with Crippen molar-refractivity contribution in [2.45, 2.75) is 50.0 Å². The van der Waals surface area contributed by atoms with Gasteiger partial charge in [0.25, 0.3) is 0 Å². The molecule has 1 N–H and O–H groups in total. The maximum atomic E-state index is 12.5. The van der Waals surface area contributed by atoms with Crippen molar-refractivity contribution >= 4 is 16.5 Å². The Kier molecular flexibility index (Phi) is 2.78. The number of rotatable bonds is 1. The maximum absolute atomic E-state index is 12.5. The van der Waals surface area contributed by atoms with Crippen LogP contribution in [-0.4, -0.2) is 28.3 Å². The SMILES string of the molecule is OC1CC2CCC(C1)N2c1nc(C(F)(F)F)cs1. The van der Waals surface area contributed by atoms with Gasteiger partial charge in [-0.05, 0) is 25.7 Å². The van der Waals surface area contributed by atoms with E-state index >= 15 is 0 Å². The summed E-state index contributed by atoms with van der Waals surface area (Å²) in [6.45, 7) is 0. The number of halogens is 3. The monoisotopic (exact) mass is 278 g/mol. The van der Waals surface area contributed by atoms with Gasteiger partial charge in [-0.3, -0.25) is 0 Å². The van der Waals surface area contributed by atoms with Crippen LogP contribution in [0.4, 0.5) is 18.3 Å². The molecule has 18 heavy (non-hydrogen) atoms. The van der Waals surface area contributed by atoms with Crippen molar-refractivity contribution in [2.75, 3.05) is 4.90 Å². The average Bonchev–Trinajstić information content (AvgIpc) is 2.81. The van der Waals surface area contributed by atoms with E-state index < -0.39 is 11.9 Å². The summed E-state index contributed by atoms with van der Waals surface area (Å²) in [6, 6.07) is 0.289. The second kappa shape index (κ2) is 4.09. The Hall–Kier alpha value is -0.820. The Morgan fingerprint density at radius 2 is 1.89 bits per heavy atom. The van der Waals surface area contributed by atoms with Crippen LogP contribution in [0.15, 0.2) is 5.38 Å². The van der Waals surface area contributed by atoms with Gasteiger partial charge >= 0.3 is 6.18 Å². The molecule has 2 fully saturated rings. The lowest BCUT2D eigenvalue weighted by Crippen LogP contribution is -2.44. The summed E-state index contributed by atoms with van der Waals surface area (Å²) in [7, 11) is 0. The van der Waals surface area contributed by atoms with Crippen molar-refractivity contribution in [3.8, 4) is 0 Å². The fraction of sp³-hybridized carbons (Fsp3) is 0.727. The van der Waals surface area contributed by atoms with E-state index in [1.807, 2.05) is 4.90 Å². The van der Waals surface area contributed by atoms with E-state index in [2.05, 4.69) is 4.98 Å². The lowest BCUT2D eigenvalue weighted by Gasteiger charge is -2.37. The average molecular weight is 278 g/mol. The minimum absolute atomic E-state index is 0.144. The first-order valence-electron chi connectivity index (χ1n) is 5.94. The van der Waals surface area contributed by atoms with Gasteiger partial charge in [0.15, 0.2) is 10.8 Å². The number of piperidine rings is 1. The normalized spacial score (nSPS) is 32.0. The number of thiazole rings is 1. The molecule has 0 aromatic carbocycles. The molecule has 2 aliphatic heterocycles. The number of aliphatic hydroxyl groups is 1. The maximum Gasteiger partial charge on any atom is 0.434 e. The van der Waals surface area contributed by atoms with E-state index in [0.717, 1.165) is 29.6 Å². The zero-order chi connectivity index (χ0) is 12.9. The van der Waals surface area contributed by atoms with E-state index in [1.165, 1.54) is 0 Å². The number of aromatic nitrogens is 1. The Morgan fingerprint density at radius 3 is 2.39 bits per heavy atom. The molecule has 3 heterocycles. The predicted octanol–water partition coefficient (Wildman–Crippen LogP) is 2.65. The first-order chi connectivity index (χ1) is 8.45. The van der Waals surface area contributed by atoms with Gasteiger partial charge in [0.1, 0.15) is 0 Å². The van der Waals surface area contributed by atoms with Crippen molar-refractivity contribution < 1.29 is 18.3 Å². The Labute approximate surface area is 106 Å². The molecule has 100 valence electrons. The molecule has 2 saturated heterocycles. The summed E-state index contributed by atoms with van der Waals surface area (Å²) in [6.07, 6.45) is -1.55. The number of anilines is 1. The predicted molar refractivity (Wildman–Crippen MR) is 61.6 cm³/mol. The first-order valence-corrected chi connectivity index (χ1v) is 6.82. The van der Waals surface area contributed by atoms with Gasteiger partial charge in [0.2, 0.25) is 0 Å². The van der Waals surface area contributed by atoms with Gasteiger partial charge in [0.05, 0.1) is 6.10 Å². The highest BCUT2D eigenvalue weighted by molar-refractivity contribution is 7.13. The van der Waals surface area contributed by atoms with Crippen LogP contribution in [0.3, 0.4) is 0 Å². The summed E-state index contributed by atoms with van der Waals surface area (Å²) in [5.41, 5.74) is -0.812. The smallest absolute Gasteiger partial charge is 0.393 e. The second-order valence-electron chi connectivity index (χ2n) is 4.93. The number of alkyl halides is 3. The Bertz CT molecular complexity index is 434. The van der Waals surface area contributed by atoms with E-state index in [0.29, 0.717) is 18.0 Å². The van der Waals surface area contributed by atoms with Crippen molar-refractivity contribution in [3.05, 3.63) is 11.1 Å². The van der Waals surface area contributed by atoms with Crippen LogP contribution in [0.2, 0.25) is 0 Å². The van der Waals surface area contributed by atoms with Crippen molar-refractivity contribution in [1.82, 2.24) is 4.98 Å². The summed E-state index contributed by atoms with van der Waals surface area (Å²) in [5, 5.41) is 11.2. The van der Waals surface area contributed by atoms with Crippen LogP contribution >= 0.6 is 11.3 Å². The molecule has 0 aliphatic carbocycles. The van der Waals surface area contributed by atoms with Gasteiger partial charge in [-0.15, -0.1) is 11.3 Å². The highest BCUT2D eigenvalue weighted by atomic mass is 32.1. The summed E-state index contributed by atoms with van der Waals surface area (Å²) < 4.78 is 37.6. The Morgan fingerprint density at radius 1 is 1.28 bits per heavy atom. The lowest BCUT2D eigenvalue weighted by atomic mass is 10.0. The molecule has 0 saturated carbocycles. The van der Waals surface area contributed by atoms with Crippen LogP contribution in [0.25, 0.3) is 0 Å². The third-order valence-electron chi connectivity index (χ3n) is 3.71. The summed E-state index contributed by atoms with van der Waals surface area (Å²) in [4.78, 5) is 5.69. The standard InChI is InChI=1S/C11H13F3N2OS/c12-11(13,14)9-5-18-10(15-9)16-6-1-2-7(16)4-8(17)3-6/h5-8,17H,1-4H2. The Balaban J connectivity index is 1.86. The first kappa shape index (κ1) is 12.2. The zero-order valence-corrected chi connectivity index (χ0v) is 10.3. The van der Waals surface area contributed by atoms with Crippen molar-refractivity contribution in [3.63, 3.8) is 0 Å². The van der Waals surface area contributed by atoms with E-state index in [4.69, 9.17) is 0 Å². The second-order valence-corrected chi connectivity index (χ2v) is 5.77. The van der Waals surface area contributed by atoms with Crippen LogP contribution < -0.4 is 4.90 Å². The summed E-state index contributed by atoms with van der Waals surface area (Å²) >= 11 is 1.04. The van der Waals surface area contributed by atoms with Gasteiger partial charge in [-0.1, -0.05) is 0 Å². The van der Waals surface area contributed by atoms with Crippen molar-refractivity contribution in [1.29, 1.82) is 0 Å². The molecule has 7 heteroatoms. The molecule has 1 aromatic heterocycles. The number of fused-ring (bicyclic) bond motifs is 2. The van der Waals surface area contributed by atoms with Crippen LogP contribution in [0.5, 0.6) is 0 Å². The molecule has 0 radical (unpaired) electrons. The topological polar surface area (TPSA) is 36.4 Å². The van der Waals surface area contributed by atoms with Gasteiger partial charge < -0.3 is 10.0 Å². The van der Waals surface area contributed by atoms with Crippen molar-refractivity contribution in [2.24, 2.45) is 0 Å². The third-order valence-corrected chi connectivity index (χ3v) is 4.57. The quantitative estimate of drug-likeness (QED) is 0.858. The van der Waals surface area contributed by atoms with Crippen LogP contribution in [0.1, 0.15) is 31.4 Å². The fourth-order valence-electron chi connectivity index (χ4n) is 2.97. The van der Waals surface area contributed by atoms with Gasteiger partial charge in [0, 0.05) is 17.5 Å². The highest BCUT2D eigenvalue weighted by Crippen LogP contribution is 2.42. The van der Waals surface area contributed by atoms with Gasteiger partial charge in [-0.2, -0.15) is 13.2 Å². The van der Waals surface area contributed by atoms with Gasteiger partial charge in [-0.25, -0.2) is 4.98 Å². The summed E-state index contributed by atoms with van der Waals surface area (Å²) in [5.74, 6) is 0. The van der Waals surface area contributed by atoms with E-state index in [9.17, 15) is 18.3 Å². The number of aliphatic hydroxyl groups excluding tert-OH is 1. The number of nitrogens with zero attached hydrogens (tertiary/aromatic N) is 2. The minimum atomic E-state index is -4.37. The zero-order valence-electron chi connectivity index (χ0n) is 9.52. The molecule has 2 atom stereocenters. The van der Waals surface area contributed by atoms with Crippen LogP contribution in [-0.2, 0) is 6.18 Å².